The van der Waals surface area contributed by atoms with Crippen molar-refractivity contribution < 1.29 is 9.90 Å². The number of nitrogens with two attached hydrogens (primary N) is 1. The quantitative estimate of drug-likeness (QED) is 0.665. The van der Waals surface area contributed by atoms with Crippen LogP contribution in [-0.4, -0.2) is 15.6 Å². The molecule has 0 spiro atoms. The molecule has 0 bridgehead atoms. The molecular formula is C16H18N2O2. The first kappa shape index (κ1) is 13.9. The standard InChI is InChI=1S/C14H14N2.C2H4O2/c1-2-16-13-6-4-3-5-11(13)12-9-10(15)7-8-14(12)16;1-2(3)4/h3-9H,2,15H2,1H3;1H3,(H,3,4). The number of hydrogen-bond donors (Lipinski definition) is 2. The Morgan fingerprint density at radius 2 is 1.75 bits per heavy atom. The molecule has 3 aromatic rings. The van der Waals surface area contributed by atoms with Gasteiger partial charge in [0.15, 0.2) is 0 Å². The molecule has 0 aliphatic rings. The smallest absolute Gasteiger partial charge is 0.300 e. The summed E-state index contributed by atoms with van der Waals surface area (Å²) >= 11 is 0. The summed E-state index contributed by atoms with van der Waals surface area (Å²) < 4.78 is 2.32. The van der Waals surface area contributed by atoms with Crippen LogP contribution in [0.25, 0.3) is 21.8 Å². The first-order valence-electron chi connectivity index (χ1n) is 6.50. The number of rotatable bonds is 1. The molecule has 1 heterocycles. The van der Waals surface area contributed by atoms with E-state index in [4.69, 9.17) is 15.6 Å². The second kappa shape index (κ2) is 5.65. The second-order valence-electron chi connectivity index (χ2n) is 4.56. The molecular weight excluding hydrogens is 252 g/mol. The van der Waals surface area contributed by atoms with E-state index in [1.165, 1.54) is 21.8 Å². The molecule has 0 amide bonds. The summed E-state index contributed by atoms with van der Waals surface area (Å²) in [5.74, 6) is -0.833. The van der Waals surface area contributed by atoms with Crippen LogP contribution in [0, 0.1) is 0 Å². The Hall–Kier alpha value is -2.49. The lowest BCUT2D eigenvalue weighted by atomic mass is 10.1. The maximum Gasteiger partial charge on any atom is 0.300 e. The average Bonchev–Trinajstić information content (AvgIpc) is 2.71. The number of benzene rings is 2. The first-order chi connectivity index (χ1) is 9.54. The summed E-state index contributed by atoms with van der Waals surface area (Å²) in [4.78, 5) is 9.00. The Bertz CT molecular complexity index is 756. The normalized spacial score (nSPS) is 10.3. The van der Waals surface area contributed by atoms with Gasteiger partial charge in [0.2, 0.25) is 0 Å². The number of para-hydroxylation sites is 1. The predicted molar refractivity (Wildman–Crippen MR) is 82.8 cm³/mol. The lowest BCUT2D eigenvalue weighted by molar-refractivity contribution is -0.134. The van der Waals surface area contributed by atoms with Gasteiger partial charge in [-0.1, -0.05) is 18.2 Å². The number of nitrogens with zero attached hydrogens (tertiary/aromatic N) is 1. The number of nitrogen functional groups attached to an aromatic ring is 1. The van der Waals surface area contributed by atoms with E-state index in [-0.39, 0.29) is 0 Å². The third kappa shape index (κ3) is 2.59. The molecule has 0 radical (unpaired) electrons. The molecule has 0 saturated heterocycles. The monoisotopic (exact) mass is 270 g/mol. The molecule has 4 heteroatoms. The van der Waals surface area contributed by atoms with Crippen LogP contribution < -0.4 is 5.73 Å². The van der Waals surface area contributed by atoms with E-state index in [0.717, 1.165) is 19.2 Å². The van der Waals surface area contributed by atoms with Crippen LogP contribution in [0.2, 0.25) is 0 Å². The van der Waals surface area contributed by atoms with Crippen molar-refractivity contribution in [3.05, 3.63) is 42.5 Å². The fourth-order valence-electron chi connectivity index (χ4n) is 2.41. The minimum absolute atomic E-state index is 0.825. The maximum atomic E-state index is 9.00. The van der Waals surface area contributed by atoms with Crippen molar-refractivity contribution in [1.29, 1.82) is 0 Å². The van der Waals surface area contributed by atoms with Crippen molar-refractivity contribution in [3.8, 4) is 0 Å². The highest BCUT2D eigenvalue weighted by Crippen LogP contribution is 2.29. The molecule has 3 N–H and O–H groups in total. The number of anilines is 1. The number of aryl methyl sites for hydroxylation is 1. The maximum absolute atomic E-state index is 9.00. The van der Waals surface area contributed by atoms with Crippen LogP contribution in [0.1, 0.15) is 13.8 Å². The van der Waals surface area contributed by atoms with Crippen LogP contribution in [0.4, 0.5) is 5.69 Å². The highest BCUT2D eigenvalue weighted by Gasteiger charge is 2.08. The number of hydrogen-bond acceptors (Lipinski definition) is 2. The lowest BCUT2D eigenvalue weighted by Gasteiger charge is -2.02. The summed E-state index contributed by atoms with van der Waals surface area (Å²) in [6.07, 6.45) is 0. The molecule has 4 nitrogen and oxygen atoms in total. The summed E-state index contributed by atoms with van der Waals surface area (Å²) in [6.45, 7) is 4.23. The SMILES string of the molecule is CC(=O)O.CCn1c2ccccc2c2cc(N)ccc21. The fourth-order valence-corrected chi connectivity index (χ4v) is 2.41. The summed E-state index contributed by atoms with van der Waals surface area (Å²) in [5, 5.41) is 9.95. The lowest BCUT2D eigenvalue weighted by Crippen LogP contribution is -1.92. The number of carboxylic acids is 1. The van der Waals surface area contributed by atoms with E-state index in [0.29, 0.717) is 0 Å². The zero-order chi connectivity index (χ0) is 14.7. The van der Waals surface area contributed by atoms with Gasteiger partial charge in [0.05, 0.1) is 0 Å². The average molecular weight is 270 g/mol. The minimum atomic E-state index is -0.833. The molecule has 104 valence electrons. The largest absolute Gasteiger partial charge is 0.481 e. The molecule has 20 heavy (non-hydrogen) atoms. The van der Waals surface area contributed by atoms with Crippen LogP contribution >= 0.6 is 0 Å². The van der Waals surface area contributed by atoms with Gasteiger partial charge in [-0.2, -0.15) is 0 Å². The van der Waals surface area contributed by atoms with Gasteiger partial charge in [-0.15, -0.1) is 0 Å². The third-order valence-corrected chi connectivity index (χ3v) is 3.11. The zero-order valence-corrected chi connectivity index (χ0v) is 11.6. The van der Waals surface area contributed by atoms with Gasteiger partial charge in [0, 0.05) is 41.0 Å². The van der Waals surface area contributed by atoms with E-state index in [9.17, 15) is 0 Å². The van der Waals surface area contributed by atoms with Gasteiger partial charge >= 0.3 is 0 Å². The summed E-state index contributed by atoms with van der Waals surface area (Å²) in [5.41, 5.74) is 9.23. The number of carbonyl (C=O) groups is 1. The molecule has 0 fully saturated rings. The van der Waals surface area contributed by atoms with E-state index in [1.54, 1.807) is 0 Å². The number of aliphatic carboxylic acids is 1. The van der Waals surface area contributed by atoms with E-state index >= 15 is 0 Å². The third-order valence-electron chi connectivity index (χ3n) is 3.11. The molecule has 2 aromatic carbocycles. The van der Waals surface area contributed by atoms with E-state index < -0.39 is 5.97 Å². The Morgan fingerprint density at radius 1 is 1.15 bits per heavy atom. The highest BCUT2D eigenvalue weighted by molar-refractivity contribution is 6.08. The molecule has 0 aliphatic heterocycles. The van der Waals surface area contributed by atoms with Gasteiger partial charge in [0.1, 0.15) is 0 Å². The molecule has 3 rings (SSSR count). The summed E-state index contributed by atoms with van der Waals surface area (Å²) in [7, 11) is 0. The van der Waals surface area contributed by atoms with Crippen LogP contribution in [0.15, 0.2) is 42.5 Å². The molecule has 0 atom stereocenters. The van der Waals surface area contributed by atoms with E-state index in [2.05, 4.69) is 47.9 Å². The van der Waals surface area contributed by atoms with Gasteiger partial charge in [-0.05, 0) is 31.2 Å². The number of carboxylic acid groups (broad SMARTS) is 1. The Kier molecular flexibility index (Phi) is 3.94. The van der Waals surface area contributed by atoms with Gasteiger partial charge in [-0.25, -0.2) is 0 Å². The highest BCUT2D eigenvalue weighted by atomic mass is 16.4. The summed E-state index contributed by atoms with van der Waals surface area (Å²) in [6, 6.07) is 14.6. The van der Waals surface area contributed by atoms with Crippen molar-refractivity contribution in [3.63, 3.8) is 0 Å². The van der Waals surface area contributed by atoms with Crippen molar-refractivity contribution in [2.75, 3.05) is 5.73 Å². The minimum Gasteiger partial charge on any atom is -0.481 e. The number of aromatic nitrogens is 1. The predicted octanol–water partition coefficient (Wildman–Crippen LogP) is 3.49. The van der Waals surface area contributed by atoms with Gasteiger partial charge in [-0.3, -0.25) is 4.79 Å². The second-order valence-corrected chi connectivity index (χ2v) is 4.56. The van der Waals surface area contributed by atoms with Crippen molar-refractivity contribution in [2.24, 2.45) is 0 Å². The fraction of sp³-hybridized carbons (Fsp3) is 0.188. The van der Waals surface area contributed by atoms with E-state index in [1.807, 2.05) is 6.07 Å². The zero-order valence-electron chi connectivity index (χ0n) is 11.6. The Morgan fingerprint density at radius 3 is 2.40 bits per heavy atom. The van der Waals surface area contributed by atoms with Crippen molar-refractivity contribution >= 4 is 33.5 Å². The van der Waals surface area contributed by atoms with Crippen molar-refractivity contribution in [2.45, 2.75) is 20.4 Å². The number of fused-ring (bicyclic) bond motifs is 3. The molecule has 1 aromatic heterocycles. The van der Waals surface area contributed by atoms with Gasteiger partial charge < -0.3 is 15.4 Å². The van der Waals surface area contributed by atoms with Gasteiger partial charge in [0.25, 0.3) is 5.97 Å². The molecule has 0 unspecified atom stereocenters. The van der Waals surface area contributed by atoms with Crippen LogP contribution in [0.5, 0.6) is 0 Å². The van der Waals surface area contributed by atoms with Crippen molar-refractivity contribution in [1.82, 2.24) is 4.57 Å². The van der Waals surface area contributed by atoms with Crippen LogP contribution in [0.3, 0.4) is 0 Å². The van der Waals surface area contributed by atoms with Crippen LogP contribution in [-0.2, 0) is 11.3 Å². The molecule has 0 saturated carbocycles. The Labute approximate surface area is 117 Å². The first-order valence-corrected chi connectivity index (χ1v) is 6.50. The molecule has 0 aliphatic carbocycles. The Balaban J connectivity index is 0.000000328. The topological polar surface area (TPSA) is 68.2 Å².